The molecule has 2 rings (SSSR count). The van der Waals surface area contributed by atoms with Crippen molar-refractivity contribution >= 4 is 6.08 Å². The Labute approximate surface area is 84.0 Å². The van der Waals surface area contributed by atoms with Crippen LogP contribution < -0.4 is 0 Å². The molecular weight excluding hydrogens is 172 g/mol. The number of rotatable bonds is 1. The maximum Gasteiger partial charge on any atom is 0.0451 e. The fraction of sp³-hybridized carbons (Fsp3) is 0. The lowest BCUT2D eigenvalue weighted by molar-refractivity contribution is 1.20. The second-order valence-corrected chi connectivity index (χ2v) is 2.51. The Morgan fingerprint density at radius 1 is 0.857 bits per heavy atom. The van der Waals surface area contributed by atoms with Crippen LogP contribution in [0.15, 0.2) is 61.7 Å². The van der Waals surface area contributed by atoms with E-state index in [0.717, 1.165) is 0 Å². The molecule has 1 aromatic carbocycles. The lowest BCUT2D eigenvalue weighted by Gasteiger charge is -1.85. The lowest BCUT2D eigenvalue weighted by atomic mass is 10.2. The molecule has 1 aromatic heterocycles. The van der Waals surface area contributed by atoms with Gasteiger partial charge in [0.25, 0.3) is 0 Å². The first-order valence-corrected chi connectivity index (χ1v) is 4.31. The number of hydrogen-bond donors (Lipinski definition) is 0. The molecule has 0 spiro atoms. The van der Waals surface area contributed by atoms with Crippen molar-refractivity contribution in [2.75, 3.05) is 0 Å². The van der Waals surface area contributed by atoms with Crippen LogP contribution in [0, 0.1) is 0 Å². The standard InChI is InChI=1S/C8H8.C4H4N2/c1-2-8-6-4-3-5-7-8;1-2-6-4-3-5-1/h2-7H,1H2;1-4H. The summed E-state index contributed by atoms with van der Waals surface area (Å²) in [7, 11) is 0. The predicted octanol–water partition coefficient (Wildman–Crippen LogP) is 2.81. The highest BCUT2D eigenvalue weighted by Crippen LogP contribution is 1.97. The van der Waals surface area contributed by atoms with Crippen LogP contribution in [0.25, 0.3) is 6.08 Å². The molecule has 0 N–H and O–H groups in total. The van der Waals surface area contributed by atoms with Crippen LogP contribution in [0.4, 0.5) is 0 Å². The molecule has 0 aliphatic heterocycles. The van der Waals surface area contributed by atoms with Crippen molar-refractivity contribution < 1.29 is 0 Å². The number of aromatic nitrogens is 2. The topological polar surface area (TPSA) is 25.8 Å². The van der Waals surface area contributed by atoms with Gasteiger partial charge in [-0.1, -0.05) is 43.0 Å². The third-order valence-corrected chi connectivity index (χ3v) is 1.51. The van der Waals surface area contributed by atoms with E-state index < -0.39 is 0 Å². The van der Waals surface area contributed by atoms with Gasteiger partial charge in [0.15, 0.2) is 0 Å². The first-order valence-electron chi connectivity index (χ1n) is 4.31. The minimum absolute atomic E-state index is 1.17. The van der Waals surface area contributed by atoms with Gasteiger partial charge in [-0.15, -0.1) is 0 Å². The molecular formula is C12H12N2. The van der Waals surface area contributed by atoms with E-state index in [0.29, 0.717) is 0 Å². The summed E-state index contributed by atoms with van der Waals surface area (Å²) >= 11 is 0. The Morgan fingerprint density at radius 2 is 1.36 bits per heavy atom. The summed E-state index contributed by atoms with van der Waals surface area (Å²) in [4.78, 5) is 7.44. The quantitative estimate of drug-likeness (QED) is 0.681. The van der Waals surface area contributed by atoms with Crippen LogP contribution in [-0.2, 0) is 0 Å². The van der Waals surface area contributed by atoms with Gasteiger partial charge in [0.2, 0.25) is 0 Å². The smallest absolute Gasteiger partial charge is 0.0451 e. The molecule has 0 unspecified atom stereocenters. The van der Waals surface area contributed by atoms with Crippen LogP contribution >= 0.6 is 0 Å². The summed E-state index contributed by atoms with van der Waals surface area (Å²) in [5, 5.41) is 0. The molecule has 2 heteroatoms. The zero-order valence-corrected chi connectivity index (χ0v) is 7.88. The predicted molar refractivity (Wildman–Crippen MR) is 58.6 cm³/mol. The molecule has 0 amide bonds. The van der Waals surface area contributed by atoms with Gasteiger partial charge in [-0.25, -0.2) is 0 Å². The Morgan fingerprint density at radius 3 is 1.64 bits per heavy atom. The van der Waals surface area contributed by atoms with Gasteiger partial charge in [0.05, 0.1) is 0 Å². The summed E-state index contributed by atoms with van der Waals surface area (Å²) in [6.45, 7) is 3.63. The zero-order valence-electron chi connectivity index (χ0n) is 7.88. The average molecular weight is 184 g/mol. The highest BCUT2D eigenvalue weighted by Gasteiger charge is 1.75. The van der Waals surface area contributed by atoms with E-state index in [1.165, 1.54) is 5.56 Å². The van der Waals surface area contributed by atoms with E-state index in [4.69, 9.17) is 0 Å². The molecule has 2 aromatic rings. The van der Waals surface area contributed by atoms with Crippen LogP contribution in [-0.4, -0.2) is 9.97 Å². The van der Waals surface area contributed by atoms with Crippen molar-refractivity contribution in [2.24, 2.45) is 0 Å². The molecule has 0 bridgehead atoms. The van der Waals surface area contributed by atoms with Crippen LogP contribution in [0.1, 0.15) is 5.56 Å². The molecule has 0 aliphatic carbocycles. The third kappa shape index (κ3) is 4.16. The Hall–Kier alpha value is -1.96. The van der Waals surface area contributed by atoms with E-state index >= 15 is 0 Å². The summed E-state index contributed by atoms with van der Waals surface area (Å²) in [5.41, 5.74) is 1.17. The van der Waals surface area contributed by atoms with Gasteiger partial charge >= 0.3 is 0 Å². The van der Waals surface area contributed by atoms with Crippen LogP contribution in [0.2, 0.25) is 0 Å². The van der Waals surface area contributed by atoms with Gasteiger partial charge in [0.1, 0.15) is 0 Å². The Kier molecular flexibility index (Phi) is 4.73. The SMILES string of the molecule is C=Cc1ccccc1.c1cnccn1. The largest absolute Gasteiger partial charge is 0.262 e. The molecule has 0 aliphatic rings. The molecule has 2 nitrogen and oxygen atoms in total. The molecule has 70 valence electrons. The average Bonchev–Trinajstić information content (AvgIpc) is 2.33. The first kappa shape index (κ1) is 10.1. The lowest BCUT2D eigenvalue weighted by Crippen LogP contribution is -1.66. The molecule has 0 fully saturated rings. The number of benzene rings is 1. The summed E-state index contributed by atoms with van der Waals surface area (Å²) in [6.07, 6.45) is 8.39. The van der Waals surface area contributed by atoms with E-state index in [2.05, 4.69) is 16.5 Å². The summed E-state index contributed by atoms with van der Waals surface area (Å²) in [5.74, 6) is 0. The first-order chi connectivity index (χ1) is 6.93. The maximum atomic E-state index is 3.72. The van der Waals surface area contributed by atoms with Crippen molar-refractivity contribution in [3.63, 3.8) is 0 Å². The highest BCUT2D eigenvalue weighted by molar-refractivity contribution is 5.45. The maximum absolute atomic E-state index is 3.72. The normalized spacial score (nSPS) is 8.29. The fourth-order valence-electron chi connectivity index (χ4n) is 0.842. The van der Waals surface area contributed by atoms with E-state index in [9.17, 15) is 0 Å². The van der Waals surface area contributed by atoms with Crippen molar-refractivity contribution in [3.05, 3.63) is 67.3 Å². The third-order valence-electron chi connectivity index (χ3n) is 1.51. The van der Waals surface area contributed by atoms with Gasteiger partial charge in [-0.3, -0.25) is 9.97 Å². The van der Waals surface area contributed by atoms with E-state index in [1.54, 1.807) is 24.8 Å². The van der Waals surface area contributed by atoms with Gasteiger partial charge in [-0.2, -0.15) is 0 Å². The molecule has 14 heavy (non-hydrogen) atoms. The Bertz CT molecular complexity index is 317. The minimum atomic E-state index is 1.17. The van der Waals surface area contributed by atoms with E-state index in [1.807, 2.05) is 36.4 Å². The van der Waals surface area contributed by atoms with Crippen molar-refractivity contribution in [3.8, 4) is 0 Å². The number of hydrogen-bond acceptors (Lipinski definition) is 2. The van der Waals surface area contributed by atoms with Gasteiger partial charge in [0, 0.05) is 24.8 Å². The number of nitrogens with zero attached hydrogens (tertiary/aromatic N) is 2. The zero-order chi connectivity index (χ0) is 10.1. The molecule has 1 heterocycles. The molecule has 0 saturated carbocycles. The molecule has 0 saturated heterocycles. The van der Waals surface area contributed by atoms with Gasteiger partial charge in [-0.05, 0) is 5.56 Å². The van der Waals surface area contributed by atoms with Crippen molar-refractivity contribution in [1.82, 2.24) is 9.97 Å². The van der Waals surface area contributed by atoms with Gasteiger partial charge < -0.3 is 0 Å². The molecule has 0 atom stereocenters. The van der Waals surface area contributed by atoms with Crippen LogP contribution in [0.3, 0.4) is 0 Å². The molecule has 0 radical (unpaired) electrons. The minimum Gasteiger partial charge on any atom is -0.262 e. The van der Waals surface area contributed by atoms with Crippen LogP contribution in [0.5, 0.6) is 0 Å². The fourth-order valence-corrected chi connectivity index (χ4v) is 0.842. The van der Waals surface area contributed by atoms with Crippen molar-refractivity contribution in [1.29, 1.82) is 0 Å². The summed E-state index contributed by atoms with van der Waals surface area (Å²) in [6, 6.07) is 10.0. The Balaban J connectivity index is 0.000000146. The second kappa shape index (κ2) is 6.54. The van der Waals surface area contributed by atoms with E-state index in [-0.39, 0.29) is 0 Å². The second-order valence-electron chi connectivity index (χ2n) is 2.51. The monoisotopic (exact) mass is 184 g/mol. The highest BCUT2D eigenvalue weighted by atomic mass is 14.7. The van der Waals surface area contributed by atoms with Crippen molar-refractivity contribution in [2.45, 2.75) is 0 Å². The summed E-state index contributed by atoms with van der Waals surface area (Å²) < 4.78 is 0.